The Labute approximate surface area is 244 Å². The molecule has 1 heterocycles. The maximum Gasteiger partial charge on any atom is 0.371 e. The third kappa shape index (κ3) is 7.21. The van der Waals surface area contributed by atoms with Gasteiger partial charge in [0.2, 0.25) is 0 Å². The Hall–Kier alpha value is -2.27. The van der Waals surface area contributed by atoms with Crippen LogP contribution in [0, 0.1) is 6.92 Å². The molecule has 0 N–H and O–H groups in total. The van der Waals surface area contributed by atoms with Gasteiger partial charge >= 0.3 is 7.60 Å². The van der Waals surface area contributed by atoms with Crippen molar-refractivity contribution in [3.05, 3.63) is 54.1 Å². The minimum Gasteiger partial charge on any atom is -0.497 e. The maximum atomic E-state index is 14.6. The normalized spacial score (nSPS) is 18.0. The number of aryl methyl sites for hydroxylation is 1. The number of piperidine rings is 1. The number of anilines is 1. The second-order valence-electron chi connectivity index (χ2n) is 11.2. The first kappa shape index (κ1) is 33.2. The number of carbonyl (C=O) groups is 1. The van der Waals surface area contributed by atoms with Crippen molar-refractivity contribution in [2.45, 2.75) is 89.5 Å². The lowest BCUT2D eigenvalue weighted by atomic mass is 9.82. The van der Waals surface area contributed by atoms with E-state index >= 15 is 0 Å². The van der Waals surface area contributed by atoms with Gasteiger partial charge in [-0.15, -0.1) is 0 Å². The third-order valence-electron chi connectivity index (χ3n) is 7.06. The lowest BCUT2D eigenvalue weighted by molar-refractivity contribution is -0.287. The van der Waals surface area contributed by atoms with Gasteiger partial charge in [-0.2, -0.15) is 9.37 Å². The largest absolute Gasteiger partial charge is 0.497 e. The molecule has 0 aliphatic carbocycles. The van der Waals surface area contributed by atoms with E-state index in [-0.39, 0.29) is 23.8 Å². The average molecular weight is 611 g/mol. The van der Waals surface area contributed by atoms with Crippen LogP contribution in [-0.4, -0.2) is 56.6 Å². The Bertz CT molecular complexity index is 1320. The fraction of sp³-hybridized carbons (Fsp3) is 0.552. The van der Waals surface area contributed by atoms with Gasteiger partial charge in [0.05, 0.1) is 30.9 Å². The highest BCUT2D eigenvalue weighted by atomic mass is 32.2. The summed E-state index contributed by atoms with van der Waals surface area (Å²) in [4.78, 5) is 20.9. The zero-order chi connectivity index (χ0) is 30.6. The Morgan fingerprint density at radius 1 is 0.951 bits per heavy atom. The van der Waals surface area contributed by atoms with Crippen LogP contribution >= 0.6 is 7.60 Å². The van der Waals surface area contributed by atoms with Crippen molar-refractivity contribution < 1.29 is 36.4 Å². The van der Waals surface area contributed by atoms with Crippen molar-refractivity contribution >= 4 is 29.2 Å². The standard InChI is InChI=1S/C29H43N2O8PS/c1-9-37-40(33,38-10-2)27(39-31-28(4,5)20-11-21-29(31,6)7)26(32)30(23-14-16-24(36-8)17-15-23)41(34,35)25-18-12-22(3)13-19-25/h12-19,27H,9-11,20-21H2,1-8H3. The molecule has 228 valence electrons. The van der Waals surface area contributed by atoms with Crippen molar-refractivity contribution in [3.8, 4) is 5.75 Å². The summed E-state index contributed by atoms with van der Waals surface area (Å²) in [5.74, 6) is -2.55. The maximum absolute atomic E-state index is 14.6. The summed E-state index contributed by atoms with van der Waals surface area (Å²) in [5.41, 5.74) is -0.268. The first-order chi connectivity index (χ1) is 19.1. The summed E-state index contributed by atoms with van der Waals surface area (Å²) in [7, 11) is -7.40. The molecule has 3 rings (SSSR count). The summed E-state index contributed by atoms with van der Waals surface area (Å²) in [6, 6.07) is 12.1. The number of hydrogen-bond donors (Lipinski definition) is 0. The lowest BCUT2D eigenvalue weighted by Crippen LogP contribution is -2.60. The van der Waals surface area contributed by atoms with E-state index in [1.807, 2.05) is 34.6 Å². The van der Waals surface area contributed by atoms with Gasteiger partial charge in [-0.05, 0) is 104 Å². The smallest absolute Gasteiger partial charge is 0.371 e. The second-order valence-corrected chi connectivity index (χ2v) is 15.1. The van der Waals surface area contributed by atoms with Gasteiger partial charge in [-0.1, -0.05) is 17.7 Å². The van der Waals surface area contributed by atoms with Crippen molar-refractivity contribution in [1.29, 1.82) is 0 Å². The van der Waals surface area contributed by atoms with E-state index in [0.29, 0.717) is 10.1 Å². The molecule has 1 unspecified atom stereocenters. The number of rotatable bonds is 12. The molecular formula is C29H43N2O8PS. The van der Waals surface area contributed by atoms with E-state index in [4.69, 9.17) is 18.6 Å². The molecule has 10 nitrogen and oxygen atoms in total. The Morgan fingerprint density at radius 3 is 1.93 bits per heavy atom. The van der Waals surface area contributed by atoms with E-state index in [1.54, 1.807) is 31.0 Å². The summed E-state index contributed by atoms with van der Waals surface area (Å²) < 4.78 is 59.7. The van der Waals surface area contributed by atoms with Crippen LogP contribution in [0.5, 0.6) is 5.75 Å². The highest BCUT2D eigenvalue weighted by molar-refractivity contribution is 7.93. The monoisotopic (exact) mass is 610 g/mol. The molecular weight excluding hydrogens is 567 g/mol. The molecule has 1 aliphatic heterocycles. The molecule has 1 aliphatic rings. The van der Waals surface area contributed by atoms with Crippen LogP contribution in [0.15, 0.2) is 53.4 Å². The quantitative estimate of drug-likeness (QED) is 0.256. The first-order valence-corrected chi connectivity index (χ1v) is 16.8. The minimum atomic E-state index is -4.51. The van der Waals surface area contributed by atoms with Gasteiger partial charge in [0.25, 0.3) is 21.8 Å². The van der Waals surface area contributed by atoms with Crippen molar-refractivity contribution in [2.75, 3.05) is 24.6 Å². The number of ether oxygens (including phenoxy) is 1. The number of sulfonamides is 1. The van der Waals surface area contributed by atoms with E-state index in [0.717, 1.165) is 24.8 Å². The van der Waals surface area contributed by atoms with Crippen LogP contribution in [0.3, 0.4) is 0 Å². The first-order valence-electron chi connectivity index (χ1n) is 13.8. The van der Waals surface area contributed by atoms with Crippen molar-refractivity contribution in [1.82, 2.24) is 5.06 Å². The number of hydrogen-bond acceptors (Lipinski definition) is 9. The average Bonchev–Trinajstić information content (AvgIpc) is 2.88. The number of methoxy groups -OCH3 is 1. The predicted molar refractivity (Wildman–Crippen MR) is 158 cm³/mol. The molecule has 0 aromatic heterocycles. The predicted octanol–water partition coefficient (Wildman–Crippen LogP) is 6.29. The Kier molecular flexibility index (Phi) is 10.5. The summed E-state index contributed by atoms with van der Waals surface area (Å²) in [6.45, 7) is 12.8. The van der Waals surface area contributed by atoms with Crippen molar-refractivity contribution in [3.63, 3.8) is 0 Å². The van der Waals surface area contributed by atoms with Gasteiger partial charge in [-0.3, -0.25) is 14.2 Å². The number of amides is 1. The molecule has 0 bridgehead atoms. The molecule has 0 spiro atoms. The summed E-state index contributed by atoms with van der Waals surface area (Å²) in [6.07, 6.45) is 2.41. The number of carbonyl (C=O) groups excluding carboxylic acids is 1. The fourth-order valence-electron chi connectivity index (χ4n) is 5.15. The summed E-state index contributed by atoms with van der Waals surface area (Å²) in [5, 5.41) is 1.65. The van der Waals surface area contributed by atoms with Gasteiger partial charge < -0.3 is 13.8 Å². The van der Waals surface area contributed by atoms with Crippen LogP contribution in [0.1, 0.15) is 66.4 Å². The van der Waals surface area contributed by atoms with E-state index in [1.165, 1.54) is 43.5 Å². The van der Waals surface area contributed by atoms with Crippen LogP contribution in [0.25, 0.3) is 0 Å². The minimum absolute atomic E-state index is 0.0155. The molecule has 2 aromatic carbocycles. The SMILES string of the molecule is CCOP(=O)(OCC)C(ON1C(C)(C)CCCC1(C)C)C(=O)N(c1ccc(OC)cc1)S(=O)(=O)c1ccc(C)cc1. The Balaban J connectivity index is 2.25. The molecule has 41 heavy (non-hydrogen) atoms. The molecule has 1 fully saturated rings. The zero-order valence-electron chi connectivity index (χ0n) is 25.2. The van der Waals surface area contributed by atoms with Gasteiger partial charge in [0.1, 0.15) is 5.75 Å². The molecule has 2 aromatic rings. The van der Waals surface area contributed by atoms with Crippen LogP contribution in [0.4, 0.5) is 5.69 Å². The highest BCUT2D eigenvalue weighted by Crippen LogP contribution is 2.56. The third-order valence-corrected chi connectivity index (χ3v) is 10.9. The molecule has 1 amide bonds. The molecule has 12 heteroatoms. The second kappa shape index (κ2) is 12.9. The number of hydroxylamine groups is 2. The fourth-order valence-corrected chi connectivity index (χ4v) is 8.31. The van der Waals surface area contributed by atoms with E-state index in [9.17, 15) is 17.8 Å². The Morgan fingerprint density at radius 2 is 1.46 bits per heavy atom. The van der Waals surface area contributed by atoms with Crippen LogP contribution in [0.2, 0.25) is 0 Å². The van der Waals surface area contributed by atoms with Crippen LogP contribution in [-0.2, 0) is 33.3 Å². The highest BCUT2D eigenvalue weighted by Gasteiger charge is 2.53. The molecule has 1 saturated heterocycles. The van der Waals surface area contributed by atoms with Gasteiger partial charge in [-0.25, -0.2) is 8.42 Å². The topological polar surface area (TPSA) is 112 Å². The molecule has 1 atom stereocenters. The van der Waals surface area contributed by atoms with Gasteiger partial charge in [0.15, 0.2) is 0 Å². The number of benzene rings is 2. The van der Waals surface area contributed by atoms with E-state index < -0.39 is 40.4 Å². The lowest BCUT2D eigenvalue weighted by Gasteiger charge is -2.52. The van der Waals surface area contributed by atoms with Crippen LogP contribution < -0.4 is 9.04 Å². The molecule has 0 radical (unpaired) electrons. The van der Waals surface area contributed by atoms with Gasteiger partial charge in [0, 0.05) is 11.1 Å². The number of nitrogens with zero attached hydrogens (tertiary/aromatic N) is 2. The molecule has 0 saturated carbocycles. The van der Waals surface area contributed by atoms with Crippen molar-refractivity contribution in [2.24, 2.45) is 0 Å². The van der Waals surface area contributed by atoms with E-state index in [2.05, 4.69) is 0 Å². The zero-order valence-corrected chi connectivity index (χ0v) is 27.0. The summed E-state index contributed by atoms with van der Waals surface area (Å²) >= 11 is 0.